The van der Waals surface area contributed by atoms with Gasteiger partial charge in [0.15, 0.2) is 0 Å². The lowest BCUT2D eigenvalue weighted by atomic mass is 9.74. The molecule has 2 rings (SSSR count). The molecule has 7 heteroatoms. The van der Waals surface area contributed by atoms with Crippen LogP contribution in [-0.2, 0) is 4.79 Å². The van der Waals surface area contributed by atoms with E-state index in [0.717, 1.165) is 50.3 Å². The molecule has 1 aromatic heterocycles. The molecule has 0 bridgehead atoms. The second-order valence-electron chi connectivity index (χ2n) is 6.37. The summed E-state index contributed by atoms with van der Waals surface area (Å²) >= 11 is 0. The van der Waals surface area contributed by atoms with Crippen molar-refractivity contribution in [3.05, 3.63) is 18.3 Å². The zero-order valence-electron chi connectivity index (χ0n) is 14.7. The number of amides is 1. The molecule has 0 saturated heterocycles. The normalized spacial score (nSPS) is 22.8. The van der Waals surface area contributed by atoms with Crippen LogP contribution in [0.5, 0.6) is 0 Å². The van der Waals surface area contributed by atoms with Gasteiger partial charge < -0.3 is 16.0 Å². The van der Waals surface area contributed by atoms with E-state index in [1.165, 1.54) is 0 Å². The van der Waals surface area contributed by atoms with Gasteiger partial charge >= 0.3 is 0 Å². The molecule has 1 saturated carbocycles. The van der Waals surface area contributed by atoms with Gasteiger partial charge in [0.1, 0.15) is 5.82 Å². The number of rotatable bonds is 5. The Balaban J connectivity index is 0.00000264. The monoisotopic (exact) mass is 376 g/mol. The first-order valence-corrected chi connectivity index (χ1v) is 8.28. The third kappa shape index (κ3) is 5.50. The van der Waals surface area contributed by atoms with E-state index >= 15 is 0 Å². The Morgan fingerprint density at radius 2 is 2.00 bits per heavy atom. The minimum absolute atomic E-state index is 0. The molecule has 1 aromatic rings. The lowest BCUT2D eigenvalue weighted by molar-refractivity contribution is -0.122. The molecule has 1 aliphatic rings. The maximum Gasteiger partial charge on any atom is 0.229 e. The third-order valence-corrected chi connectivity index (χ3v) is 4.67. The topological polar surface area (TPSA) is 71.2 Å². The lowest BCUT2D eigenvalue weighted by Crippen LogP contribution is -2.51. The molecule has 0 spiro atoms. The molecule has 0 aromatic carbocycles. The number of carbonyl (C=O) groups excluding carboxylic acids is 1. The van der Waals surface area contributed by atoms with E-state index < -0.39 is 5.54 Å². The molecule has 24 heavy (non-hydrogen) atoms. The van der Waals surface area contributed by atoms with Gasteiger partial charge in [-0.1, -0.05) is 12.8 Å². The van der Waals surface area contributed by atoms with Crippen LogP contribution in [0.2, 0.25) is 0 Å². The van der Waals surface area contributed by atoms with Crippen LogP contribution in [0.4, 0.5) is 11.5 Å². The predicted molar refractivity (Wildman–Crippen MR) is 105 cm³/mol. The van der Waals surface area contributed by atoms with E-state index in [1.807, 2.05) is 19.1 Å². The van der Waals surface area contributed by atoms with Crippen molar-refractivity contribution >= 4 is 42.2 Å². The Morgan fingerprint density at radius 1 is 1.33 bits per heavy atom. The summed E-state index contributed by atoms with van der Waals surface area (Å²) in [4.78, 5) is 19.1. The highest BCUT2D eigenvalue weighted by Gasteiger charge is 2.37. The molecule has 1 heterocycles. The minimum atomic E-state index is -0.406. The standard InChI is InChI=1S/C17H28N4O.2ClH/c1-4-21(5-2)15-10-9-13(12-19-15)20-16(22)14-8-6-7-11-17(14,3)18;;/h9-10,12,14H,4-8,11,18H2,1-3H3,(H,20,22);2*1H. The van der Waals surface area contributed by atoms with Crippen LogP contribution in [0.3, 0.4) is 0 Å². The molecule has 138 valence electrons. The fourth-order valence-corrected chi connectivity index (χ4v) is 3.21. The van der Waals surface area contributed by atoms with Crippen molar-refractivity contribution in [2.24, 2.45) is 11.7 Å². The lowest BCUT2D eigenvalue weighted by Gasteiger charge is -2.37. The van der Waals surface area contributed by atoms with Crippen LogP contribution in [0.15, 0.2) is 18.3 Å². The van der Waals surface area contributed by atoms with Gasteiger partial charge in [-0.3, -0.25) is 4.79 Å². The van der Waals surface area contributed by atoms with Crippen molar-refractivity contribution in [1.29, 1.82) is 0 Å². The number of nitrogens with zero attached hydrogens (tertiary/aromatic N) is 2. The number of anilines is 2. The van der Waals surface area contributed by atoms with E-state index in [4.69, 9.17) is 5.73 Å². The molecular formula is C17H30Cl2N4O. The summed E-state index contributed by atoms with van der Waals surface area (Å²) in [5.41, 5.74) is 6.63. The SMILES string of the molecule is CCN(CC)c1ccc(NC(=O)C2CCCCC2(C)N)cn1.Cl.Cl. The molecule has 2 unspecified atom stereocenters. The molecule has 1 amide bonds. The van der Waals surface area contributed by atoms with Gasteiger partial charge in [-0.05, 0) is 45.7 Å². The van der Waals surface area contributed by atoms with E-state index in [1.54, 1.807) is 6.20 Å². The number of nitrogens with one attached hydrogen (secondary N) is 1. The summed E-state index contributed by atoms with van der Waals surface area (Å²) in [6.07, 6.45) is 5.68. The number of nitrogens with two attached hydrogens (primary N) is 1. The molecule has 5 nitrogen and oxygen atoms in total. The first-order valence-electron chi connectivity index (χ1n) is 8.28. The maximum atomic E-state index is 12.5. The Hall–Kier alpha value is -1.04. The van der Waals surface area contributed by atoms with Gasteiger partial charge in [-0.15, -0.1) is 24.8 Å². The zero-order chi connectivity index (χ0) is 16.2. The van der Waals surface area contributed by atoms with Crippen molar-refractivity contribution in [3.63, 3.8) is 0 Å². The maximum absolute atomic E-state index is 12.5. The summed E-state index contributed by atoms with van der Waals surface area (Å²) in [5, 5.41) is 2.97. The van der Waals surface area contributed by atoms with E-state index in [-0.39, 0.29) is 36.6 Å². The van der Waals surface area contributed by atoms with Gasteiger partial charge in [0.25, 0.3) is 0 Å². The van der Waals surface area contributed by atoms with Crippen molar-refractivity contribution in [3.8, 4) is 0 Å². The smallest absolute Gasteiger partial charge is 0.229 e. The number of hydrogen-bond acceptors (Lipinski definition) is 4. The second-order valence-corrected chi connectivity index (χ2v) is 6.37. The molecule has 0 radical (unpaired) electrons. The Bertz CT molecular complexity index is 504. The molecular weight excluding hydrogens is 347 g/mol. The average molecular weight is 377 g/mol. The Morgan fingerprint density at radius 3 is 2.50 bits per heavy atom. The van der Waals surface area contributed by atoms with Crippen LogP contribution in [-0.4, -0.2) is 29.5 Å². The molecule has 0 aliphatic heterocycles. The van der Waals surface area contributed by atoms with Crippen LogP contribution in [0, 0.1) is 5.92 Å². The summed E-state index contributed by atoms with van der Waals surface area (Å²) in [7, 11) is 0. The summed E-state index contributed by atoms with van der Waals surface area (Å²) < 4.78 is 0. The minimum Gasteiger partial charge on any atom is -0.357 e. The number of halogens is 2. The van der Waals surface area contributed by atoms with E-state index in [2.05, 4.69) is 29.0 Å². The highest BCUT2D eigenvalue weighted by atomic mass is 35.5. The van der Waals surface area contributed by atoms with Crippen molar-refractivity contribution in [1.82, 2.24) is 4.98 Å². The number of pyridine rings is 1. The fraction of sp³-hybridized carbons (Fsp3) is 0.647. The first-order chi connectivity index (χ1) is 10.5. The highest BCUT2D eigenvalue weighted by Crippen LogP contribution is 2.32. The van der Waals surface area contributed by atoms with E-state index in [0.29, 0.717) is 0 Å². The largest absolute Gasteiger partial charge is 0.357 e. The van der Waals surface area contributed by atoms with Gasteiger partial charge in [0.05, 0.1) is 17.8 Å². The Kier molecular flexibility index (Phi) is 9.63. The van der Waals surface area contributed by atoms with Gasteiger partial charge in [0.2, 0.25) is 5.91 Å². The van der Waals surface area contributed by atoms with Gasteiger partial charge in [-0.25, -0.2) is 4.98 Å². The summed E-state index contributed by atoms with van der Waals surface area (Å²) in [6.45, 7) is 8.03. The van der Waals surface area contributed by atoms with Crippen LogP contribution >= 0.6 is 24.8 Å². The van der Waals surface area contributed by atoms with Crippen molar-refractivity contribution in [2.75, 3.05) is 23.3 Å². The van der Waals surface area contributed by atoms with Gasteiger partial charge in [0, 0.05) is 18.6 Å². The van der Waals surface area contributed by atoms with Crippen molar-refractivity contribution in [2.45, 2.75) is 52.0 Å². The summed E-state index contributed by atoms with van der Waals surface area (Å²) in [6, 6.07) is 3.86. The number of aromatic nitrogens is 1. The number of carbonyl (C=O) groups is 1. The average Bonchev–Trinajstić information content (AvgIpc) is 2.49. The molecule has 1 aliphatic carbocycles. The third-order valence-electron chi connectivity index (χ3n) is 4.67. The first kappa shape index (κ1) is 23.0. The fourth-order valence-electron chi connectivity index (χ4n) is 3.21. The van der Waals surface area contributed by atoms with Crippen LogP contribution in [0.1, 0.15) is 46.5 Å². The zero-order valence-corrected chi connectivity index (χ0v) is 16.4. The van der Waals surface area contributed by atoms with Gasteiger partial charge in [-0.2, -0.15) is 0 Å². The predicted octanol–water partition coefficient (Wildman–Crippen LogP) is 3.62. The number of hydrogen-bond donors (Lipinski definition) is 2. The van der Waals surface area contributed by atoms with Crippen LogP contribution < -0.4 is 16.0 Å². The molecule has 2 atom stereocenters. The second kappa shape index (κ2) is 10.1. The van der Waals surface area contributed by atoms with Crippen LogP contribution in [0.25, 0.3) is 0 Å². The highest BCUT2D eigenvalue weighted by molar-refractivity contribution is 5.93. The van der Waals surface area contributed by atoms with E-state index in [9.17, 15) is 4.79 Å². The summed E-state index contributed by atoms with van der Waals surface area (Å²) in [5.74, 6) is 0.829. The molecule has 3 N–H and O–H groups in total. The Labute approximate surface area is 157 Å². The quantitative estimate of drug-likeness (QED) is 0.822. The molecule has 1 fully saturated rings. The van der Waals surface area contributed by atoms with Crippen molar-refractivity contribution < 1.29 is 4.79 Å².